The Morgan fingerprint density at radius 3 is 2.94 bits per heavy atom. The van der Waals surface area contributed by atoms with Crippen molar-refractivity contribution in [3.63, 3.8) is 0 Å². The van der Waals surface area contributed by atoms with E-state index in [2.05, 4.69) is 10.3 Å². The molecule has 0 aliphatic carbocycles. The van der Waals surface area contributed by atoms with Crippen LogP contribution in [0.2, 0.25) is 0 Å². The fourth-order valence-corrected chi connectivity index (χ4v) is 1.08. The number of carboxylic acid groups (broad SMARTS) is 1. The van der Waals surface area contributed by atoms with Crippen LogP contribution in [0.25, 0.3) is 6.08 Å². The topological polar surface area (TPSA) is 67.8 Å². The van der Waals surface area contributed by atoms with Gasteiger partial charge in [0, 0.05) is 11.8 Å². The fourth-order valence-electron chi connectivity index (χ4n) is 1.08. The summed E-state index contributed by atoms with van der Waals surface area (Å²) in [5, 5.41) is 8.50. The monoisotopic (exact) mass is 223 g/mol. The number of carbonyl (C=O) groups is 1. The lowest BCUT2D eigenvalue weighted by atomic mass is 10.2. The molecule has 2 N–H and O–H groups in total. The molecule has 0 saturated carbocycles. The highest BCUT2D eigenvalue weighted by Gasteiger charge is 2.02. The van der Waals surface area contributed by atoms with Crippen molar-refractivity contribution >= 4 is 12.0 Å². The Balaban J connectivity index is 2.71. The second-order valence-corrected chi connectivity index (χ2v) is 2.88. The minimum absolute atomic E-state index is 0.359. The first-order valence-corrected chi connectivity index (χ1v) is 4.62. The first-order valence-electron chi connectivity index (χ1n) is 4.62. The van der Waals surface area contributed by atoms with E-state index in [1.54, 1.807) is 24.4 Å². The zero-order valence-corrected chi connectivity index (χ0v) is 8.84. The van der Waals surface area contributed by atoms with Gasteiger partial charge in [-0.1, -0.05) is 18.2 Å². The van der Waals surface area contributed by atoms with Crippen LogP contribution < -0.4 is 10.2 Å². The summed E-state index contributed by atoms with van der Waals surface area (Å²) < 4.78 is 5.11. The van der Waals surface area contributed by atoms with E-state index in [4.69, 9.17) is 9.84 Å². The van der Waals surface area contributed by atoms with Gasteiger partial charge in [-0.25, -0.2) is 4.79 Å². The Kier molecular flexibility index (Phi) is 4.88. The van der Waals surface area contributed by atoms with Crippen LogP contribution in [0.1, 0.15) is 5.56 Å². The molecule has 16 heavy (non-hydrogen) atoms. The van der Waals surface area contributed by atoms with Crippen LogP contribution in [0.15, 0.2) is 30.5 Å². The molecule has 0 bridgehead atoms. The molecule has 5 nitrogen and oxygen atoms in total. The van der Waals surface area contributed by atoms with Gasteiger partial charge in [-0.15, -0.1) is 0 Å². The van der Waals surface area contributed by atoms with Crippen LogP contribution in [0.4, 0.5) is 0 Å². The number of hydrogen-bond donors (Lipinski definition) is 2. The van der Waals surface area contributed by atoms with E-state index < -0.39 is 5.97 Å². The van der Waals surface area contributed by atoms with Crippen LogP contribution in [0, 0.1) is 0 Å². The van der Waals surface area contributed by atoms with Crippen molar-refractivity contribution in [2.45, 2.75) is 0 Å². The molecular formula is C11H13NO4. The average Bonchev–Trinajstić information content (AvgIpc) is 2.28. The number of rotatable bonds is 6. The maximum Gasteiger partial charge on any atom is 0.341 e. The van der Waals surface area contributed by atoms with E-state index in [9.17, 15) is 4.79 Å². The molecule has 0 unspecified atom stereocenters. The highest BCUT2D eigenvalue weighted by atomic mass is 16.6. The molecule has 1 aromatic carbocycles. The number of nitrogens with one attached hydrogen (secondary N) is 1. The molecule has 0 radical (unpaired) electrons. The molecular weight excluding hydrogens is 210 g/mol. The van der Waals surface area contributed by atoms with Crippen molar-refractivity contribution < 1.29 is 19.5 Å². The Hall–Kier alpha value is -2.01. The van der Waals surface area contributed by atoms with E-state index in [0.717, 1.165) is 5.56 Å². The quantitative estimate of drug-likeness (QED) is 0.711. The second kappa shape index (κ2) is 6.47. The van der Waals surface area contributed by atoms with Gasteiger partial charge >= 0.3 is 5.97 Å². The van der Waals surface area contributed by atoms with Crippen molar-refractivity contribution in [1.29, 1.82) is 0 Å². The summed E-state index contributed by atoms with van der Waals surface area (Å²) in [5.74, 6) is -0.493. The predicted molar refractivity (Wildman–Crippen MR) is 58.8 cm³/mol. The molecule has 1 rings (SSSR count). The summed E-state index contributed by atoms with van der Waals surface area (Å²) in [5.41, 5.74) is 3.31. The molecule has 0 amide bonds. The van der Waals surface area contributed by atoms with E-state index in [1.807, 2.05) is 12.1 Å². The summed E-state index contributed by atoms with van der Waals surface area (Å²) in [6.07, 6.45) is 3.31. The molecule has 86 valence electrons. The Bertz CT molecular complexity index is 376. The van der Waals surface area contributed by atoms with Gasteiger partial charge in [-0.05, 0) is 12.1 Å². The Labute approximate surface area is 93.3 Å². The number of hydroxylamine groups is 1. The third-order valence-corrected chi connectivity index (χ3v) is 1.72. The van der Waals surface area contributed by atoms with Crippen molar-refractivity contribution in [1.82, 2.24) is 5.48 Å². The van der Waals surface area contributed by atoms with Crippen molar-refractivity contribution in [2.24, 2.45) is 0 Å². The second-order valence-electron chi connectivity index (χ2n) is 2.88. The summed E-state index contributed by atoms with van der Waals surface area (Å²) >= 11 is 0. The highest BCUT2D eigenvalue weighted by molar-refractivity contribution is 5.69. The molecule has 1 aromatic rings. The molecule has 0 fully saturated rings. The largest absolute Gasteiger partial charge is 0.481 e. The van der Waals surface area contributed by atoms with Gasteiger partial charge in [-0.3, -0.25) is 10.3 Å². The molecule has 0 aromatic heterocycles. The first-order chi connectivity index (χ1) is 7.74. The summed E-state index contributed by atoms with van der Waals surface area (Å²) in [6.45, 7) is -0.359. The SMILES string of the molecule is CONC=Cc1ccccc1OCC(=O)O. The lowest BCUT2D eigenvalue weighted by Crippen LogP contribution is -2.10. The number of aliphatic carboxylic acids is 1. The molecule has 0 aliphatic heterocycles. The lowest BCUT2D eigenvalue weighted by molar-refractivity contribution is -0.139. The van der Waals surface area contributed by atoms with Gasteiger partial charge in [0.25, 0.3) is 0 Å². The van der Waals surface area contributed by atoms with Gasteiger partial charge < -0.3 is 9.84 Å². The Morgan fingerprint density at radius 2 is 2.25 bits per heavy atom. The smallest absolute Gasteiger partial charge is 0.341 e. The molecule has 0 atom stereocenters. The fraction of sp³-hybridized carbons (Fsp3) is 0.182. The van der Waals surface area contributed by atoms with E-state index in [1.165, 1.54) is 7.11 Å². The Morgan fingerprint density at radius 1 is 1.50 bits per heavy atom. The van der Waals surface area contributed by atoms with Gasteiger partial charge in [0.2, 0.25) is 0 Å². The number of benzene rings is 1. The van der Waals surface area contributed by atoms with E-state index in [0.29, 0.717) is 5.75 Å². The maximum absolute atomic E-state index is 10.4. The predicted octanol–water partition coefficient (Wildman–Crippen LogP) is 1.27. The molecule has 0 spiro atoms. The molecule has 0 aliphatic rings. The van der Waals surface area contributed by atoms with Crippen LogP contribution >= 0.6 is 0 Å². The standard InChI is InChI=1S/C11H13NO4/c1-15-12-7-6-9-4-2-3-5-10(9)16-8-11(13)14/h2-7,12H,8H2,1H3,(H,13,14). The maximum atomic E-state index is 10.4. The van der Waals surface area contributed by atoms with E-state index in [-0.39, 0.29) is 6.61 Å². The van der Waals surface area contributed by atoms with Gasteiger partial charge in [-0.2, -0.15) is 0 Å². The normalized spacial score (nSPS) is 10.3. The van der Waals surface area contributed by atoms with Crippen LogP contribution in [-0.4, -0.2) is 24.8 Å². The van der Waals surface area contributed by atoms with Crippen LogP contribution in [0.3, 0.4) is 0 Å². The van der Waals surface area contributed by atoms with Crippen LogP contribution in [0.5, 0.6) is 5.75 Å². The average molecular weight is 223 g/mol. The lowest BCUT2D eigenvalue weighted by Gasteiger charge is -2.06. The molecule has 5 heteroatoms. The van der Waals surface area contributed by atoms with Crippen LogP contribution in [-0.2, 0) is 9.63 Å². The minimum atomic E-state index is -1.01. The molecule has 0 heterocycles. The third-order valence-electron chi connectivity index (χ3n) is 1.72. The van der Waals surface area contributed by atoms with Crippen molar-refractivity contribution in [2.75, 3.05) is 13.7 Å². The zero-order chi connectivity index (χ0) is 11.8. The summed E-state index contributed by atoms with van der Waals surface area (Å²) in [4.78, 5) is 15.0. The van der Waals surface area contributed by atoms with E-state index >= 15 is 0 Å². The summed E-state index contributed by atoms with van der Waals surface area (Å²) in [7, 11) is 1.50. The van der Waals surface area contributed by atoms with Gasteiger partial charge in [0.1, 0.15) is 5.75 Å². The van der Waals surface area contributed by atoms with Crippen molar-refractivity contribution in [3.05, 3.63) is 36.0 Å². The third kappa shape index (κ3) is 4.02. The number of carboxylic acids is 1. The number of hydrogen-bond acceptors (Lipinski definition) is 4. The highest BCUT2D eigenvalue weighted by Crippen LogP contribution is 2.18. The number of ether oxygens (including phenoxy) is 1. The minimum Gasteiger partial charge on any atom is -0.481 e. The summed E-state index contributed by atoms with van der Waals surface area (Å²) in [6, 6.07) is 7.12. The first kappa shape index (κ1) is 12.1. The number of para-hydroxylation sites is 1. The zero-order valence-electron chi connectivity index (χ0n) is 8.84. The van der Waals surface area contributed by atoms with Gasteiger partial charge in [0.05, 0.1) is 7.11 Å². The van der Waals surface area contributed by atoms with Crippen molar-refractivity contribution in [3.8, 4) is 5.75 Å². The van der Waals surface area contributed by atoms with Gasteiger partial charge in [0.15, 0.2) is 6.61 Å². The molecule has 0 saturated heterocycles.